The van der Waals surface area contributed by atoms with Gasteiger partial charge in [-0.25, -0.2) is 0 Å². The van der Waals surface area contributed by atoms with Gasteiger partial charge in [-0.1, -0.05) is 53.4 Å². The van der Waals surface area contributed by atoms with Gasteiger partial charge in [0, 0.05) is 39.0 Å². The number of nitrogens with zero attached hydrogens (tertiary/aromatic N) is 2. The van der Waals surface area contributed by atoms with Gasteiger partial charge in [-0.2, -0.15) is 0 Å². The molecule has 0 aliphatic carbocycles. The van der Waals surface area contributed by atoms with Crippen molar-refractivity contribution in [3.63, 3.8) is 0 Å². The van der Waals surface area contributed by atoms with Crippen LogP contribution in [0.25, 0.3) is 0 Å². The largest absolute Gasteiger partial charge is 0.391 e. The Labute approximate surface area is 207 Å². The number of aliphatic hydroxyl groups excluding tert-OH is 4. The lowest BCUT2D eigenvalue weighted by Crippen LogP contribution is -2.42. The first kappa shape index (κ1) is 32.8. The van der Waals surface area contributed by atoms with E-state index in [1.54, 1.807) is 9.80 Å². The average molecular weight is 489 g/mol. The number of hydrogen-bond donors (Lipinski definition) is 4. The molecule has 0 aromatic carbocycles. The van der Waals surface area contributed by atoms with Crippen LogP contribution in [0.2, 0.25) is 0 Å². The maximum Gasteiger partial charge on any atom is 0.222 e. The second kappa shape index (κ2) is 20.0. The number of rotatable bonds is 21. The average Bonchev–Trinajstić information content (AvgIpc) is 2.76. The van der Waals surface area contributed by atoms with Crippen molar-refractivity contribution in [2.24, 2.45) is 0 Å². The van der Waals surface area contributed by atoms with Gasteiger partial charge in [-0.05, 0) is 38.5 Å². The number of amides is 2. The monoisotopic (exact) mass is 488 g/mol. The molecule has 0 saturated carbocycles. The van der Waals surface area contributed by atoms with E-state index in [4.69, 9.17) is 0 Å². The molecule has 0 aromatic heterocycles. The third kappa shape index (κ3) is 15.6. The number of carbonyl (C=O) groups excluding carboxylic acids is 2. The molecule has 202 valence electrons. The summed E-state index contributed by atoms with van der Waals surface area (Å²) in [7, 11) is 0. The van der Waals surface area contributed by atoms with E-state index in [2.05, 4.69) is 0 Å². The van der Waals surface area contributed by atoms with Crippen LogP contribution in [0.4, 0.5) is 0 Å². The molecular weight excluding hydrogens is 436 g/mol. The second-order valence-corrected chi connectivity index (χ2v) is 9.57. The van der Waals surface area contributed by atoms with Crippen molar-refractivity contribution < 1.29 is 30.0 Å². The van der Waals surface area contributed by atoms with Crippen molar-refractivity contribution in [3.05, 3.63) is 0 Å². The first-order valence-electron chi connectivity index (χ1n) is 13.5. The van der Waals surface area contributed by atoms with Gasteiger partial charge in [0.25, 0.3) is 0 Å². The van der Waals surface area contributed by atoms with Crippen molar-refractivity contribution >= 4 is 11.8 Å². The summed E-state index contributed by atoms with van der Waals surface area (Å²) >= 11 is 0. The zero-order chi connectivity index (χ0) is 25.9. The molecule has 8 heteroatoms. The van der Waals surface area contributed by atoms with E-state index in [-0.39, 0.29) is 50.8 Å². The molecule has 0 heterocycles. The summed E-state index contributed by atoms with van der Waals surface area (Å²) in [5, 5.41) is 40.7. The smallest absolute Gasteiger partial charge is 0.222 e. The Morgan fingerprint density at radius 1 is 0.529 bits per heavy atom. The highest BCUT2D eigenvalue weighted by Crippen LogP contribution is 2.12. The Hall–Kier alpha value is -1.22. The fourth-order valence-electron chi connectivity index (χ4n) is 4.14. The van der Waals surface area contributed by atoms with Crippen LogP contribution >= 0.6 is 0 Å². The van der Waals surface area contributed by atoms with Gasteiger partial charge in [0.15, 0.2) is 0 Å². The van der Waals surface area contributed by atoms with E-state index in [9.17, 15) is 30.0 Å². The number of unbranched alkanes of at least 4 members (excludes halogenated alkanes) is 1. The van der Waals surface area contributed by atoms with Crippen molar-refractivity contribution in [1.82, 2.24) is 9.80 Å². The van der Waals surface area contributed by atoms with E-state index in [1.807, 2.05) is 27.7 Å². The Balaban J connectivity index is 4.79. The SMILES string of the molecule is CCCC(O)CN(CC(O)CCC)C(=O)CCCCC(=O)N(CC(O)CCC)CC(O)CCC. The quantitative estimate of drug-likeness (QED) is 0.184. The first-order valence-corrected chi connectivity index (χ1v) is 13.5. The molecule has 2 amide bonds. The van der Waals surface area contributed by atoms with Crippen molar-refractivity contribution in [2.75, 3.05) is 26.2 Å². The fraction of sp³-hybridized carbons (Fsp3) is 0.923. The third-order valence-electron chi connectivity index (χ3n) is 5.95. The van der Waals surface area contributed by atoms with Gasteiger partial charge in [-0.3, -0.25) is 9.59 Å². The van der Waals surface area contributed by atoms with Crippen LogP contribution in [0, 0.1) is 0 Å². The Morgan fingerprint density at radius 2 is 0.765 bits per heavy atom. The van der Waals surface area contributed by atoms with E-state index >= 15 is 0 Å². The minimum Gasteiger partial charge on any atom is -0.391 e. The normalized spacial score (nSPS) is 14.9. The predicted molar refractivity (Wildman–Crippen MR) is 135 cm³/mol. The molecular formula is C26H52N2O6. The lowest BCUT2D eigenvalue weighted by Gasteiger charge is -2.28. The molecule has 0 bridgehead atoms. The lowest BCUT2D eigenvalue weighted by atomic mass is 10.1. The molecule has 0 saturated heterocycles. The van der Waals surface area contributed by atoms with Gasteiger partial charge < -0.3 is 30.2 Å². The van der Waals surface area contributed by atoms with Gasteiger partial charge in [0.1, 0.15) is 0 Å². The zero-order valence-electron chi connectivity index (χ0n) is 22.1. The minimum absolute atomic E-state index is 0.119. The number of aliphatic hydroxyl groups is 4. The highest BCUT2D eigenvalue weighted by molar-refractivity contribution is 5.77. The van der Waals surface area contributed by atoms with Gasteiger partial charge in [0.05, 0.1) is 24.4 Å². The minimum atomic E-state index is -0.609. The van der Waals surface area contributed by atoms with Crippen LogP contribution in [0.15, 0.2) is 0 Å². The van der Waals surface area contributed by atoms with Crippen LogP contribution in [0.1, 0.15) is 105 Å². The molecule has 0 radical (unpaired) electrons. The lowest BCUT2D eigenvalue weighted by molar-refractivity contribution is -0.136. The van der Waals surface area contributed by atoms with Crippen LogP contribution in [0.5, 0.6) is 0 Å². The van der Waals surface area contributed by atoms with Crippen LogP contribution in [0.3, 0.4) is 0 Å². The molecule has 0 aliphatic rings. The molecule has 0 aromatic rings. The van der Waals surface area contributed by atoms with E-state index in [1.165, 1.54) is 0 Å². The third-order valence-corrected chi connectivity index (χ3v) is 5.95. The van der Waals surface area contributed by atoms with Crippen LogP contribution in [-0.4, -0.2) is 92.6 Å². The molecule has 0 fully saturated rings. The maximum atomic E-state index is 12.8. The Morgan fingerprint density at radius 3 is 0.971 bits per heavy atom. The summed E-state index contributed by atoms with van der Waals surface area (Å²) in [6, 6.07) is 0. The number of hydrogen-bond acceptors (Lipinski definition) is 6. The molecule has 4 unspecified atom stereocenters. The van der Waals surface area contributed by atoms with Crippen molar-refractivity contribution in [3.8, 4) is 0 Å². The van der Waals surface area contributed by atoms with Gasteiger partial charge in [0.2, 0.25) is 11.8 Å². The zero-order valence-corrected chi connectivity index (χ0v) is 22.1. The van der Waals surface area contributed by atoms with Crippen LogP contribution < -0.4 is 0 Å². The highest BCUT2D eigenvalue weighted by atomic mass is 16.3. The Kier molecular flexibility index (Phi) is 19.3. The fourth-order valence-corrected chi connectivity index (χ4v) is 4.14. The predicted octanol–water partition coefficient (Wildman–Crippen LogP) is 2.85. The summed E-state index contributed by atoms with van der Waals surface area (Å²) < 4.78 is 0. The molecule has 8 nitrogen and oxygen atoms in total. The summed E-state index contributed by atoms with van der Waals surface area (Å²) in [6.07, 6.45) is 4.80. The number of carbonyl (C=O) groups is 2. The second-order valence-electron chi connectivity index (χ2n) is 9.57. The Bertz CT molecular complexity index is 459. The van der Waals surface area contributed by atoms with Gasteiger partial charge in [-0.15, -0.1) is 0 Å². The van der Waals surface area contributed by atoms with E-state index in [0.29, 0.717) is 38.5 Å². The molecule has 34 heavy (non-hydrogen) atoms. The maximum absolute atomic E-state index is 12.8. The summed E-state index contributed by atoms with van der Waals surface area (Å²) in [5.74, 6) is -0.238. The summed E-state index contributed by atoms with van der Waals surface area (Å²) in [5.41, 5.74) is 0. The summed E-state index contributed by atoms with van der Waals surface area (Å²) in [4.78, 5) is 28.7. The summed E-state index contributed by atoms with van der Waals surface area (Å²) in [6.45, 7) is 8.76. The van der Waals surface area contributed by atoms with Crippen molar-refractivity contribution in [1.29, 1.82) is 0 Å². The first-order chi connectivity index (χ1) is 16.2. The molecule has 4 atom stereocenters. The topological polar surface area (TPSA) is 122 Å². The van der Waals surface area contributed by atoms with Crippen LogP contribution in [-0.2, 0) is 9.59 Å². The molecule has 0 aliphatic heterocycles. The molecule has 4 N–H and O–H groups in total. The standard InChI is InChI=1S/C26H52N2O6/c1-5-11-21(29)17-27(18-22(30)12-6-2)25(33)15-9-10-16-26(34)28(19-23(31)13-7-3)20-24(32)14-8-4/h21-24,29-32H,5-20H2,1-4H3. The molecule has 0 rings (SSSR count). The van der Waals surface area contributed by atoms with E-state index < -0.39 is 24.4 Å². The van der Waals surface area contributed by atoms with Crippen molar-refractivity contribution in [2.45, 2.75) is 129 Å². The van der Waals surface area contributed by atoms with E-state index in [0.717, 1.165) is 25.7 Å². The highest BCUT2D eigenvalue weighted by Gasteiger charge is 2.22. The van der Waals surface area contributed by atoms with Gasteiger partial charge >= 0.3 is 0 Å². The molecule has 0 spiro atoms.